The molecular weight excluding hydrogens is 316 g/mol. The molecule has 1 saturated heterocycles. The zero-order chi connectivity index (χ0) is 17.1. The van der Waals surface area contributed by atoms with Crippen molar-refractivity contribution in [3.63, 3.8) is 0 Å². The molecule has 3 heterocycles. The quantitative estimate of drug-likeness (QED) is 0.833. The Morgan fingerprint density at radius 1 is 1.20 bits per heavy atom. The van der Waals surface area contributed by atoms with Crippen LogP contribution in [0.3, 0.4) is 0 Å². The Morgan fingerprint density at radius 2 is 2.08 bits per heavy atom. The van der Waals surface area contributed by atoms with Gasteiger partial charge in [0.05, 0.1) is 0 Å². The van der Waals surface area contributed by atoms with Crippen LogP contribution >= 0.6 is 0 Å². The second-order valence-corrected chi connectivity index (χ2v) is 6.75. The van der Waals surface area contributed by atoms with Gasteiger partial charge in [-0.1, -0.05) is 6.07 Å². The van der Waals surface area contributed by atoms with Crippen LogP contribution in [0.2, 0.25) is 0 Å². The zero-order valence-corrected chi connectivity index (χ0v) is 14.6. The molecule has 6 heteroatoms. The molecule has 0 N–H and O–H groups in total. The van der Waals surface area contributed by atoms with E-state index < -0.39 is 0 Å². The van der Waals surface area contributed by atoms with Crippen molar-refractivity contribution in [2.24, 2.45) is 0 Å². The Balaban J connectivity index is 1.39. The van der Waals surface area contributed by atoms with Crippen LogP contribution < -0.4 is 14.4 Å². The van der Waals surface area contributed by atoms with Crippen molar-refractivity contribution < 1.29 is 9.47 Å². The van der Waals surface area contributed by atoms with E-state index in [0.717, 1.165) is 37.0 Å². The summed E-state index contributed by atoms with van der Waals surface area (Å²) >= 11 is 0. The first kappa shape index (κ1) is 16.1. The van der Waals surface area contributed by atoms with Gasteiger partial charge in [0.25, 0.3) is 0 Å². The van der Waals surface area contributed by atoms with E-state index in [-0.39, 0.29) is 0 Å². The number of aromatic nitrogens is 2. The number of hydrogen-bond acceptors (Lipinski definition) is 6. The molecule has 1 fully saturated rings. The van der Waals surface area contributed by atoms with Crippen molar-refractivity contribution in [2.45, 2.75) is 25.4 Å². The van der Waals surface area contributed by atoms with Gasteiger partial charge in [0.15, 0.2) is 17.3 Å². The summed E-state index contributed by atoms with van der Waals surface area (Å²) in [5.41, 5.74) is 1.25. The lowest BCUT2D eigenvalue weighted by atomic mass is 10.1. The molecule has 132 valence electrons. The maximum absolute atomic E-state index is 5.69. The molecule has 6 nitrogen and oxygen atoms in total. The number of nitrogens with zero attached hydrogens (tertiary/aromatic N) is 4. The average molecular weight is 340 g/mol. The number of likely N-dealkylation sites (N-methyl/N-ethyl adjacent to an activating group) is 1. The van der Waals surface area contributed by atoms with Crippen molar-refractivity contribution in [3.05, 3.63) is 42.1 Å². The first-order valence-electron chi connectivity index (χ1n) is 8.91. The molecule has 0 spiro atoms. The topological polar surface area (TPSA) is 50.7 Å². The van der Waals surface area contributed by atoms with Crippen molar-refractivity contribution >= 4 is 5.82 Å². The highest BCUT2D eigenvalue weighted by atomic mass is 16.6. The fraction of sp³-hybridized carbons (Fsp3) is 0.474. The monoisotopic (exact) mass is 340 g/mol. The highest BCUT2D eigenvalue weighted by Gasteiger charge is 2.26. The molecule has 2 aliphatic heterocycles. The summed E-state index contributed by atoms with van der Waals surface area (Å²) in [5, 5.41) is 8.30. The molecular formula is C19H24N4O2. The zero-order valence-electron chi connectivity index (χ0n) is 14.6. The molecule has 1 atom stereocenters. The van der Waals surface area contributed by atoms with Gasteiger partial charge >= 0.3 is 0 Å². The summed E-state index contributed by atoms with van der Waals surface area (Å²) < 4.78 is 11.3. The van der Waals surface area contributed by atoms with Gasteiger partial charge < -0.3 is 19.3 Å². The average Bonchev–Trinajstić information content (AvgIpc) is 3.10. The predicted molar refractivity (Wildman–Crippen MR) is 96.2 cm³/mol. The molecule has 0 aliphatic carbocycles. The first-order valence-corrected chi connectivity index (χ1v) is 8.91. The fourth-order valence-corrected chi connectivity index (χ4v) is 3.70. The lowest BCUT2D eigenvalue weighted by Crippen LogP contribution is -2.39. The summed E-state index contributed by atoms with van der Waals surface area (Å²) in [6, 6.07) is 10.7. The summed E-state index contributed by atoms with van der Waals surface area (Å²) in [6.45, 7) is 4.21. The van der Waals surface area contributed by atoms with E-state index in [1.165, 1.54) is 18.4 Å². The summed E-state index contributed by atoms with van der Waals surface area (Å²) in [7, 11) is 2.17. The van der Waals surface area contributed by atoms with E-state index in [1.807, 2.05) is 18.2 Å². The van der Waals surface area contributed by atoms with Gasteiger partial charge in [0, 0.05) is 31.9 Å². The van der Waals surface area contributed by atoms with E-state index in [9.17, 15) is 0 Å². The van der Waals surface area contributed by atoms with Crippen LogP contribution in [0.4, 0.5) is 5.82 Å². The summed E-state index contributed by atoms with van der Waals surface area (Å²) in [5.74, 6) is 2.69. The Bertz CT molecular complexity index is 710. The van der Waals surface area contributed by atoms with Crippen molar-refractivity contribution in [1.29, 1.82) is 0 Å². The van der Waals surface area contributed by atoms with Crippen LogP contribution in [0, 0.1) is 0 Å². The van der Waals surface area contributed by atoms with Crippen LogP contribution in [-0.4, -0.2) is 54.5 Å². The Labute approximate surface area is 148 Å². The smallest absolute Gasteiger partial charge is 0.161 e. The van der Waals surface area contributed by atoms with Gasteiger partial charge in [-0.25, -0.2) is 0 Å². The standard InChI is InChI=1S/C19H24N4O2/c1-22(13-15-6-7-17-18(12-15)25-11-10-24-17)14-16-4-3-9-23(16)19-5-2-8-20-21-19/h2,5-8,12,16H,3-4,9-11,13-14H2,1H3/t16-/m0/s1. The van der Waals surface area contributed by atoms with Crippen molar-refractivity contribution in [1.82, 2.24) is 15.1 Å². The molecule has 1 aromatic carbocycles. The molecule has 0 unspecified atom stereocenters. The van der Waals surface area contributed by atoms with Crippen LogP contribution in [-0.2, 0) is 6.54 Å². The third-order valence-corrected chi connectivity index (χ3v) is 4.81. The molecule has 0 amide bonds. The van der Waals surface area contributed by atoms with E-state index in [1.54, 1.807) is 6.20 Å². The number of benzene rings is 1. The molecule has 0 radical (unpaired) electrons. The number of hydrogen-bond donors (Lipinski definition) is 0. The largest absolute Gasteiger partial charge is 0.486 e. The molecule has 2 aliphatic rings. The number of ether oxygens (including phenoxy) is 2. The van der Waals surface area contributed by atoms with Crippen LogP contribution in [0.25, 0.3) is 0 Å². The van der Waals surface area contributed by atoms with Crippen molar-refractivity contribution in [3.8, 4) is 11.5 Å². The molecule has 0 bridgehead atoms. The minimum absolute atomic E-state index is 0.485. The minimum atomic E-state index is 0.485. The SMILES string of the molecule is CN(Cc1ccc2c(c1)OCCO2)C[C@@H]1CCCN1c1cccnn1. The minimum Gasteiger partial charge on any atom is -0.486 e. The first-order chi connectivity index (χ1) is 12.3. The normalized spacial score (nSPS) is 19.4. The van der Waals surface area contributed by atoms with Gasteiger partial charge in [0.2, 0.25) is 0 Å². The highest BCUT2D eigenvalue weighted by molar-refractivity contribution is 5.44. The third-order valence-electron chi connectivity index (χ3n) is 4.81. The number of fused-ring (bicyclic) bond motifs is 1. The van der Waals surface area contributed by atoms with Gasteiger partial charge in [-0.15, -0.1) is 5.10 Å². The highest BCUT2D eigenvalue weighted by Crippen LogP contribution is 2.31. The lowest BCUT2D eigenvalue weighted by Gasteiger charge is -2.29. The molecule has 0 saturated carbocycles. The molecule has 1 aromatic heterocycles. The second kappa shape index (κ2) is 7.27. The van der Waals surface area contributed by atoms with E-state index in [0.29, 0.717) is 19.3 Å². The predicted octanol–water partition coefficient (Wildman–Crippen LogP) is 2.35. The third kappa shape index (κ3) is 3.69. The van der Waals surface area contributed by atoms with E-state index in [2.05, 4.69) is 39.2 Å². The van der Waals surface area contributed by atoms with Gasteiger partial charge in [0.1, 0.15) is 13.2 Å². The molecule has 25 heavy (non-hydrogen) atoms. The number of anilines is 1. The Kier molecular flexibility index (Phi) is 4.70. The fourth-order valence-electron chi connectivity index (χ4n) is 3.70. The van der Waals surface area contributed by atoms with Crippen LogP contribution in [0.15, 0.2) is 36.5 Å². The molecule has 4 rings (SSSR count). The van der Waals surface area contributed by atoms with E-state index >= 15 is 0 Å². The van der Waals surface area contributed by atoms with Gasteiger partial charge in [-0.05, 0) is 49.7 Å². The van der Waals surface area contributed by atoms with Crippen LogP contribution in [0.5, 0.6) is 11.5 Å². The maximum atomic E-state index is 5.69. The summed E-state index contributed by atoms with van der Waals surface area (Å²) in [4.78, 5) is 4.75. The van der Waals surface area contributed by atoms with E-state index in [4.69, 9.17) is 9.47 Å². The van der Waals surface area contributed by atoms with Crippen LogP contribution in [0.1, 0.15) is 18.4 Å². The Morgan fingerprint density at radius 3 is 2.92 bits per heavy atom. The van der Waals surface area contributed by atoms with Crippen molar-refractivity contribution in [2.75, 3.05) is 38.3 Å². The Hall–Kier alpha value is -2.34. The maximum Gasteiger partial charge on any atom is 0.161 e. The van der Waals surface area contributed by atoms with Gasteiger partial charge in [-0.3, -0.25) is 0 Å². The molecule has 2 aromatic rings. The van der Waals surface area contributed by atoms with Gasteiger partial charge in [-0.2, -0.15) is 5.10 Å². The lowest BCUT2D eigenvalue weighted by molar-refractivity contribution is 0.171. The number of rotatable bonds is 5. The second-order valence-electron chi connectivity index (χ2n) is 6.75. The summed E-state index contributed by atoms with van der Waals surface area (Å²) in [6.07, 6.45) is 4.13.